The number of carbonyl (C=O) groups excluding carboxylic acids is 2. The largest absolute Gasteiger partial charge is 0.494 e. The van der Waals surface area contributed by atoms with E-state index < -0.39 is 18.0 Å². The number of anilines is 1. The van der Waals surface area contributed by atoms with E-state index in [1.807, 2.05) is 91.2 Å². The van der Waals surface area contributed by atoms with Crippen LogP contribution in [-0.4, -0.2) is 34.6 Å². The normalized spacial score (nSPS) is 11.9. The predicted octanol–water partition coefficient (Wildman–Crippen LogP) is 7.82. The van der Waals surface area contributed by atoms with Gasteiger partial charge in [-0.05, 0) is 61.7 Å². The number of nitrogens with one attached hydrogen (secondary N) is 1. The molecule has 1 atom stereocenters. The number of hydrogen-bond acceptors (Lipinski definition) is 8. The third kappa shape index (κ3) is 5.54. The molecule has 0 fully saturated rings. The molecule has 1 amide bonds. The molecule has 0 saturated heterocycles. The van der Waals surface area contributed by atoms with Gasteiger partial charge in [0, 0.05) is 21.9 Å². The van der Waals surface area contributed by atoms with E-state index in [0.717, 1.165) is 48.6 Å². The lowest BCUT2D eigenvalue weighted by Crippen LogP contribution is -2.30. The molecule has 0 radical (unpaired) electrons. The predicted molar refractivity (Wildman–Crippen MR) is 165 cm³/mol. The summed E-state index contributed by atoms with van der Waals surface area (Å²) in [6.07, 6.45) is -1.04. The molecule has 7 nitrogen and oxygen atoms in total. The lowest BCUT2D eigenvalue weighted by atomic mass is 9.99. The van der Waals surface area contributed by atoms with Crippen LogP contribution >= 0.6 is 22.7 Å². The number of para-hydroxylation sites is 1. The van der Waals surface area contributed by atoms with Crippen molar-refractivity contribution in [2.75, 3.05) is 11.9 Å². The first-order chi connectivity index (χ1) is 20.0. The number of carbonyl (C=O) groups is 2. The van der Waals surface area contributed by atoms with E-state index in [9.17, 15) is 9.59 Å². The first-order valence-corrected chi connectivity index (χ1v) is 14.8. The summed E-state index contributed by atoms with van der Waals surface area (Å²) in [4.78, 5) is 35.7. The molecule has 41 heavy (non-hydrogen) atoms. The fourth-order valence-corrected chi connectivity index (χ4v) is 6.23. The minimum Gasteiger partial charge on any atom is -0.494 e. The van der Waals surface area contributed by atoms with Crippen molar-refractivity contribution in [2.24, 2.45) is 0 Å². The van der Waals surface area contributed by atoms with E-state index in [2.05, 4.69) is 10.3 Å². The van der Waals surface area contributed by atoms with Crippen molar-refractivity contribution >= 4 is 60.7 Å². The van der Waals surface area contributed by atoms with Crippen LogP contribution in [0, 0.1) is 0 Å². The van der Waals surface area contributed by atoms with Crippen LogP contribution in [0.1, 0.15) is 24.2 Å². The lowest BCUT2D eigenvalue weighted by molar-refractivity contribution is -0.123. The highest BCUT2D eigenvalue weighted by molar-refractivity contribution is 7.21. The second-order valence-electron chi connectivity index (χ2n) is 9.23. The molecule has 0 aliphatic rings. The third-order valence-electron chi connectivity index (χ3n) is 6.50. The molecular formula is C32H25N3O4S2. The Hall–Kier alpha value is -4.60. The van der Waals surface area contributed by atoms with Gasteiger partial charge in [0.05, 0.1) is 28.1 Å². The van der Waals surface area contributed by atoms with Gasteiger partial charge >= 0.3 is 5.97 Å². The second kappa shape index (κ2) is 11.5. The summed E-state index contributed by atoms with van der Waals surface area (Å²) in [6, 6.07) is 26.9. The number of hydrogen-bond donors (Lipinski definition) is 1. The number of fused-ring (bicyclic) bond motifs is 2. The molecule has 0 bridgehead atoms. The quantitative estimate of drug-likeness (QED) is 0.185. The van der Waals surface area contributed by atoms with Gasteiger partial charge in [-0.2, -0.15) is 0 Å². The molecule has 0 saturated carbocycles. The Labute approximate surface area is 244 Å². The molecule has 9 heteroatoms. The summed E-state index contributed by atoms with van der Waals surface area (Å²) in [6.45, 7) is 4.08. The standard InChI is InChI=1S/C32H25N3O4S2/c1-3-38-22-16-14-20(15-17-22)26-18-40-32(34-26)35-29(36)19(2)39-31(37)24-11-7-9-21-8-6-10-23(28(21)24)30-33-25-12-4-5-13-27(25)41-30/h4-19H,3H2,1-2H3,(H,34,35,36). The number of ether oxygens (including phenoxy) is 2. The summed E-state index contributed by atoms with van der Waals surface area (Å²) in [5.74, 6) is -0.257. The van der Waals surface area contributed by atoms with E-state index in [0.29, 0.717) is 17.3 Å². The van der Waals surface area contributed by atoms with Gasteiger partial charge in [-0.15, -0.1) is 22.7 Å². The van der Waals surface area contributed by atoms with Crippen molar-refractivity contribution in [1.82, 2.24) is 9.97 Å². The average molecular weight is 580 g/mol. The molecule has 0 aliphatic heterocycles. The van der Waals surface area contributed by atoms with Gasteiger partial charge in [0.1, 0.15) is 10.8 Å². The van der Waals surface area contributed by atoms with Crippen LogP contribution in [0.25, 0.3) is 42.8 Å². The van der Waals surface area contributed by atoms with Gasteiger partial charge in [0.15, 0.2) is 11.2 Å². The van der Waals surface area contributed by atoms with Crippen LogP contribution in [0.15, 0.2) is 90.3 Å². The van der Waals surface area contributed by atoms with E-state index in [4.69, 9.17) is 14.5 Å². The summed E-state index contributed by atoms with van der Waals surface area (Å²) >= 11 is 2.87. The zero-order chi connectivity index (χ0) is 28.3. The van der Waals surface area contributed by atoms with Gasteiger partial charge in [-0.1, -0.05) is 42.5 Å². The molecule has 2 heterocycles. The zero-order valence-electron chi connectivity index (χ0n) is 22.3. The second-order valence-corrected chi connectivity index (χ2v) is 11.1. The van der Waals surface area contributed by atoms with Gasteiger partial charge in [-0.25, -0.2) is 14.8 Å². The maximum atomic E-state index is 13.4. The zero-order valence-corrected chi connectivity index (χ0v) is 23.9. The van der Waals surface area contributed by atoms with Crippen molar-refractivity contribution in [1.29, 1.82) is 0 Å². The van der Waals surface area contributed by atoms with Crippen LogP contribution in [0.2, 0.25) is 0 Å². The molecule has 204 valence electrons. The SMILES string of the molecule is CCOc1ccc(-c2csc(NC(=O)C(C)OC(=O)c3cccc4cccc(-c5nc6ccccc6s5)c34)n2)cc1. The summed E-state index contributed by atoms with van der Waals surface area (Å²) in [5.41, 5.74) is 3.77. The first kappa shape index (κ1) is 26.6. The van der Waals surface area contributed by atoms with E-state index in [-0.39, 0.29) is 0 Å². The Morgan fingerprint density at radius 3 is 2.49 bits per heavy atom. The van der Waals surface area contributed by atoms with E-state index >= 15 is 0 Å². The van der Waals surface area contributed by atoms with Crippen molar-refractivity contribution in [2.45, 2.75) is 20.0 Å². The molecule has 1 unspecified atom stereocenters. The van der Waals surface area contributed by atoms with Crippen molar-refractivity contribution in [3.8, 4) is 27.6 Å². The van der Waals surface area contributed by atoms with E-state index in [1.54, 1.807) is 24.3 Å². The molecule has 6 aromatic rings. The van der Waals surface area contributed by atoms with Crippen molar-refractivity contribution in [3.63, 3.8) is 0 Å². The molecule has 0 spiro atoms. The number of esters is 1. The minimum atomic E-state index is -1.04. The van der Waals surface area contributed by atoms with E-state index in [1.165, 1.54) is 11.3 Å². The molecule has 4 aromatic carbocycles. The molecule has 1 N–H and O–H groups in total. The van der Waals surface area contributed by atoms with Crippen LogP contribution in [0.3, 0.4) is 0 Å². The van der Waals surface area contributed by atoms with Crippen LogP contribution < -0.4 is 10.1 Å². The fraction of sp³-hybridized carbons (Fsp3) is 0.125. The maximum Gasteiger partial charge on any atom is 0.339 e. The summed E-state index contributed by atoms with van der Waals surface area (Å²) in [7, 11) is 0. The summed E-state index contributed by atoms with van der Waals surface area (Å²) in [5, 5.41) is 7.50. The molecule has 0 aliphatic carbocycles. The fourth-order valence-electron chi connectivity index (χ4n) is 4.51. The highest BCUT2D eigenvalue weighted by atomic mass is 32.1. The van der Waals surface area contributed by atoms with Gasteiger partial charge in [0.25, 0.3) is 5.91 Å². The maximum absolute atomic E-state index is 13.4. The minimum absolute atomic E-state index is 0.379. The smallest absolute Gasteiger partial charge is 0.339 e. The Morgan fingerprint density at radius 2 is 1.71 bits per heavy atom. The molecule has 6 rings (SSSR count). The Morgan fingerprint density at radius 1 is 0.927 bits per heavy atom. The average Bonchev–Trinajstić information content (AvgIpc) is 3.64. The molecular weight excluding hydrogens is 555 g/mol. The van der Waals surface area contributed by atoms with Crippen molar-refractivity contribution in [3.05, 3.63) is 95.9 Å². The topological polar surface area (TPSA) is 90.4 Å². The molecule has 2 aromatic heterocycles. The highest BCUT2D eigenvalue weighted by Crippen LogP contribution is 2.36. The van der Waals surface area contributed by atoms with Gasteiger partial charge in [0.2, 0.25) is 0 Å². The Kier molecular flexibility index (Phi) is 7.45. The van der Waals surface area contributed by atoms with Crippen LogP contribution in [-0.2, 0) is 9.53 Å². The lowest BCUT2D eigenvalue weighted by Gasteiger charge is -2.14. The van der Waals surface area contributed by atoms with Gasteiger partial charge < -0.3 is 9.47 Å². The number of amides is 1. The monoisotopic (exact) mass is 579 g/mol. The number of aromatic nitrogens is 2. The number of thiazole rings is 2. The number of rotatable bonds is 8. The summed E-state index contributed by atoms with van der Waals surface area (Å²) < 4.78 is 12.2. The Balaban J connectivity index is 1.19. The van der Waals surface area contributed by atoms with Crippen LogP contribution in [0.5, 0.6) is 5.75 Å². The number of benzene rings is 4. The Bertz CT molecular complexity index is 1840. The van der Waals surface area contributed by atoms with Crippen molar-refractivity contribution < 1.29 is 19.1 Å². The number of nitrogens with zero attached hydrogens (tertiary/aromatic N) is 2. The third-order valence-corrected chi connectivity index (χ3v) is 8.32. The first-order valence-electron chi connectivity index (χ1n) is 13.1. The van der Waals surface area contributed by atoms with Gasteiger partial charge in [-0.3, -0.25) is 10.1 Å². The van der Waals surface area contributed by atoms with Crippen LogP contribution in [0.4, 0.5) is 5.13 Å². The highest BCUT2D eigenvalue weighted by Gasteiger charge is 2.23.